The van der Waals surface area contributed by atoms with Crippen LogP contribution in [0, 0.1) is 11.3 Å². The van der Waals surface area contributed by atoms with Gasteiger partial charge in [-0.15, -0.1) is 0 Å². The Hall–Kier alpha value is -0.570. The topological polar surface area (TPSA) is 23.6 Å². The minimum absolute atomic E-state index is 0.371. The summed E-state index contributed by atoms with van der Waals surface area (Å²) >= 11 is 0. The molecule has 0 N–H and O–H groups in total. The van der Waals surface area contributed by atoms with Gasteiger partial charge in [-0.25, -0.2) is 0 Å². The number of carbonyl (C=O) groups is 1. The van der Waals surface area contributed by atoms with Gasteiger partial charge in [0.2, 0.25) is 5.91 Å². The van der Waals surface area contributed by atoms with Crippen LogP contribution < -0.4 is 0 Å². The number of piperidine rings is 1. The van der Waals surface area contributed by atoms with Gasteiger partial charge in [0.05, 0.1) is 0 Å². The Kier molecular flexibility index (Phi) is 3.76. The van der Waals surface area contributed by atoms with Crippen LogP contribution >= 0.6 is 0 Å². The molecule has 2 aliphatic rings. The lowest BCUT2D eigenvalue weighted by atomic mass is 9.78. The fourth-order valence-corrected chi connectivity index (χ4v) is 3.13. The van der Waals surface area contributed by atoms with Gasteiger partial charge in [-0.3, -0.25) is 4.79 Å². The quantitative estimate of drug-likeness (QED) is 0.734. The first-order valence-corrected chi connectivity index (χ1v) is 6.97. The molecule has 0 aliphatic carbocycles. The van der Waals surface area contributed by atoms with E-state index in [1.807, 2.05) is 0 Å². The molecule has 1 spiro atoms. The van der Waals surface area contributed by atoms with Crippen LogP contribution in [-0.2, 0) is 4.79 Å². The van der Waals surface area contributed by atoms with Crippen molar-refractivity contribution in [1.82, 2.24) is 9.80 Å². The fourth-order valence-electron chi connectivity index (χ4n) is 3.13. The van der Waals surface area contributed by atoms with Crippen LogP contribution in [0.3, 0.4) is 0 Å². The summed E-state index contributed by atoms with van der Waals surface area (Å²) in [5.74, 6) is 0.854. The monoisotopic (exact) mass is 238 g/mol. The Morgan fingerprint density at radius 3 is 2.35 bits per heavy atom. The van der Waals surface area contributed by atoms with Crippen molar-refractivity contribution in [3.63, 3.8) is 0 Å². The second kappa shape index (κ2) is 4.97. The Morgan fingerprint density at radius 1 is 1.18 bits per heavy atom. The van der Waals surface area contributed by atoms with E-state index in [2.05, 4.69) is 30.7 Å². The first-order valence-electron chi connectivity index (χ1n) is 6.97. The summed E-state index contributed by atoms with van der Waals surface area (Å²) in [5.41, 5.74) is 0.457. The third-order valence-electron chi connectivity index (χ3n) is 4.42. The van der Waals surface area contributed by atoms with E-state index in [-0.39, 0.29) is 0 Å². The molecular formula is C14H26N2O. The van der Waals surface area contributed by atoms with E-state index in [0.717, 1.165) is 19.5 Å². The van der Waals surface area contributed by atoms with Crippen LogP contribution in [0.1, 0.15) is 39.5 Å². The maximum Gasteiger partial charge on any atom is 0.222 e. The van der Waals surface area contributed by atoms with Crippen molar-refractivity contribution in [3.8, 4) is 0 Å². The molecule has 2 fully saturated rings. The zero-order valence-electron chi connectivity index (χ0n) is 11.5. The zero-order chi connectivity index (χ0) is 12.5. The second-order valence-corrected chi connectivity index (χ2v) is 6.47. The molecule has 98 valence electrons. The molecule has 2 saturated heterocycles. The molecule has 0 saturated carbocycles. The van der Waals surface area contributed by atoms with Crippen LogP contribution in [0.15, 0.2) is 0 Å². The molecule has 2 heterocycles. The van der Waals surface area contributed by atoms with E-state index in [1.165, 1.54) is 32.4 Å². The maximum atomic E-state index is 12.1. The molecule has 0 unspecified atom stereocenters. The van der Waals surface area contributed by atoms with Crippen LogP contribution in [0.5, 0.6) is 0 Å². The molecule has 2 rings (SSSR count). The van der Waals surface area contributed by atoms with Gasteiger partial charge in [0.1, 0.15) is 0 Å². The minimum atomic E-state index is 0.371. The number of hydrogen-bond donors (Lipinski definition) is 0. The minimum Gasteiger partial charge on any atom is -0.342 e. The van der Waals surface area contributed by atoms with Crippen LogP contribution in [-0.4, -0.2) is 48.9 Å². The van der Waals surface area contributed by atoms with E-state index >= 15 is 0 Å². The standard InChI is InChI=1S/C14H26N2O/c1-12(2)10-13(17)16-9-6-14(11-16)4-7-15(3)8-5-14/h12H,4-11H2,1-3H3. The summed E-state index contributed by atoms with van der Waals surface area (Å²) in [6.45, 7) is 8.67. The summed E-state index contributed by atoms with van der Waals surface area (Å²) in [6.07, 6.45) is 4.49. The van der Waals surface area contributed by atoms with Gasteiger partial charge < -0.3 is 9.80 Å². The van der Waals surface area contributed by atoms with Crippen molar-refractivity contribution in [2.24, 2.45) is 11.3 Å². The van der Waals surface area contributed by atoms with Gasteiger partial charge in [-0.2, -0.15) is 0 Å². The smallest absolute Gasteiger partial charge is 0.222 e. The molecule has 0 aromatic heterocycles. The highest BCUT2D eigenvalue weighted by Gasteiger charge is 2.41. The lowest BCUT2D eigenvalue weighted by Gasteiger charge is -2.37. The number of likely N-dealkylation sites (tertiary alicyclic amines) is 2. The number of carbonyl (C=O) groups excluding carboxylic acids is 1. The van der Waals surface area contributed by atoms with Gasteiger partial charge >= 0.3 is 0 Å². The van der Waals surface area contributed by atoms with E-state index in [0.29, 0.717) is 17.2 Å². The fraction of sp³-hybridized carbons (Fsp3) is 0.929. The van der Waals surface area contributed by atoms with Crippen molar-refractivity contribution in [3.05, 3.63) is 0 Å². The number of nitrogens with zero attached hydrogens (tertiary/aromatic N) is 2. The van der Waals surface area contributed by atoms with E-state index in [1.54, 1.807) is 0 Å². The third-order valence-corrected chi connectivity index (χ3v) is 4.42. The molecule has 0 aromatic carbocycles. The molecule has 0 atom stereocenters. The maximum absolute atomic E-state index is 12.1. The number of rotatable bonds is 2. The summed E-state index contributed by atoms with van der Waals surface area (Å²) in [5, 5.41) is 0. The molecular weight excluding hydrogens is 212 g/mol. The average molecular weight is 238 g/mol. The highest BCUT2D eigenvalue weighted by molar-refractivity contribution is 5.76. The lowest BCUT2D eigenvalue weighted by molar-refractivity contribution is -0.131. The Labute approximate surface area is 105 Å². The molecule has 2 aliphatic heterocycles. The van der Waals surface area contributed by atoms with Gasteiger partial charge in [0, 0.05) is 19.5 Å². The SMILES string of the molecule is CC(C)CC(=O)N1CCC2(CCN(C)CC2)C1. The van der Waals surface area contributed by atoms with Crippen molar-refractivity contribution in [1.29, 1.82) is 0 Å². The highest BCUT2D eigenvalue weighted by atomic mass is 16.2. The van der Waals surface area contributed by atoms with Crippen LogP contribution in [0.25, 0.3) is 0 Å². The van der Waals surface area contributed by atoms with Gasteiger partial charge in [0.25, 0.3) is 0 Å². The zero-order valence-corrected chi connectivity index (χ0v) is 11.5. The first kappa shape index (κ1) is 12.9. The molecule has 1 amide bonds. The predicted octanol–water partition coefficient (Wildman–Crippen LogP) is 1.98. The number of amides is 1. The summed E-state index contributed by atoms with van der Waals surface area (Å²) < 4.78 is 0. The van der Waals surface area contributed by atoms with E-state index < -0.39 is 0 Å². The molecule has 0 aromatic rings. The van der Waals surface area contributed by atoms with Crippen molar-refractivity contribution in [2.75, 3.05) is 33.2 Å². The molecule has 3 heteroatoms. The molecule has 17 heavy (non-hydrogen) atoms. The predicted molar refractivity (Wildman–Crippen MR) is 69.8 cm³/mol. The van der Waals surface area contributed by atoms with Gasteiger partial charge in [0.15, 0.2) is 0 Å². The first-order chi connectivity index (χ1) is 8.01. The largest absolute Gasteiger partial charge is 0.342 e. The van der Waals surface area contributed by atoms with Crippen molar-refractivity contribution >= 4 is 5.91 Å². The summed E-state index contributed by atoms with van der Waals surface area (Å²) in [7, 11) is 2.20. The summed E-state index contributed by atoms with van der Waals surface area (Å²) in [6, 6.07) is 0. The molecule has 0 bridgehead atoms. The highest BCUT2D eigenvalue weighted by Crippen LogP contribution is 2.40. The molecule has 3 nitrogen and oxygen atoms in total. The molecule has 0 radical (unpaired) electrons. The van der Waals surface area contributed by atoms with Gasteiger partial charge in [-0.05, 0) is 50.7 Å². The van der Waals surface area contributed by atoms with Crippen molar-refractivity contribution < 1.29 is 4.79 Å². The lowest BCUT2D eigenvalue weighted by Crippen LogP contribution is -2.40. The van der Waals surface area contributed by atoms with Gasteiger partial charge in [-0.1, -0.05) is 13.8 Å². The Morgan fingerprint density at radius 2 is 1.76 bits per heavy atom. The second-order valence-electron chi connectivity index (χ2n) is 6.47. The normalized spacial score (nSPS) is 24.8. The van der Waals surface area contributed by atoms with Crippen molar-refractivity contribution in [2.45, 2.75) is 39.5 Å². The van der Waals surface area contributed by atoms with E-state index in [9.17, 15) is 4.79 Å². The summed E-state index contributed by atoms with van der Waals surface area (Å²) in [4.78, 5) is 16.6. The van der Waals surface area contributed by atoms with E-state index in [4.69, 9.17) is 0 Å². The van der Waals surface area contributed by atoms with Crippen LogP contribution in [0.2, 0.25) is 0 Å². The average Bonchev–Trinajstić information content (AvgIpc) is 2.67. The Balaban J connectivity index is 1.88. The Bertz CT molecular complexity index is 280. The van der Waals surface area contributed by atoms with Crippen LogP contribution in [0.4, 0.5) is 0 Å². The number of hydrogen-bond acceptors (Lipinski definition) is 2. The third kappa shape index (κ3) is 3.01.